The van der Waals surface area contributed by atoms with E-state index < -0.39 is 0 Å². The highest BCUT2D eigenvalue weighted by Crippen LogP contribution is 2.23. The minimum Gasteiger partial charge on any atom is -0.370 e. The lowest BCUT2D eigenvalue weighted by Gasteiger charge is -2.31. The average molecular weight is 361 g/mol. The summed E-state index contributed by atoms with van der Waals surface area (Å²) < 4.78 is 0. The van der Waals surface area contributed by atoms with E-state index in [9.17, 15) is 0 Å². The zero-order valence-electron chi connectivity index (χ0n) is 15.5. The summed E-state index contributed by atoms with van der Waals surface area (Å²) in [4.78, 5) is 9.44. The molecule has 1 aromatic carbocycles. The molecule has 1 saturated carbocycles. The monoisotopic (exact) mass is 360 g/mol. The topological polar surface area (TPSA) is 44.9 Å². The SMILES string of the molecule is CN(Cc1ccccc1CN=C(N)N1CCSCC1)C1CCCCC1. The number of guanidine groups is 1. The Labute approximate surface area is 156 Å². The van der Waals surface area contributed by atoms with Gasteiger partial charge in [0.05, 0.1) is 6.54 Å². The second-order valence-corrected chi connectivity index (χ2v) is 8.47. The molecule has 2 aliphatic rings. The fourth-order valence-corrected chi connectivity index (χ4v) is 4.75. The Morgan fingerprint density at radius 3 is 2.56 bits per heavy atom. The van der Waals surface area contributed by atoms with Crippen LogP contribution in [0.4, 0.5) is 0 Å². The Morgan fingerprint density at radius 1 is 1.16 bits per heavy atom. The smallest absolute Gasteiger partial charge is 0.191 e. The third-order valence-corrected chi connectivity index (χ3v) is 6.43. The van der Waals surface area contributed by atoms with Gasteiger partial charge in [0.1, 0.15) is 0 Å². The van der Waals surface area contributed by atoms with Gasteiger partial charge in [-0.25, -0.2) is 4.99 Å². The first kappa shape index (κ1) is 18.6. The van der Waals surface area contributed by atoms with Crippen molar-refractivity contribution in [2.45, 2.75) is 51.2 Å². The maximum absolute atomic E-state index is 6.22. The molecule has 0 aromatic heterocycles. The van der Waals surface area contributed by atoms with Gasteiger partial charge in [0.25, 0.3) is 0 Å². The van der Waals surface area contributed by atoms with E-state index >= 15 is 0 Å². The molecule has 4 nitrogen and oxygen atoms in total. The molecular formula is C20H32N4S. The molecule has 2 fully saturated rings. The molecule has 0 radical (unpaired) electrons. The Hall–Kier alpha value is -1.20. The van der Waals surface area contributed by atoms with Crippen molar-refractivity contribution in [2.75, 3.05) is 31.6 Å². The highest BCUT2D eigenvalue weighted by molar-refractivity contribution is 7.99. The van der Waals surface area contributed by atoms with Gasteiger partial charge in [0, 0.05) is 37.2 Å². The molecule has 1 saturated heterocycles. The fourth-order valence-electron chi connectivity index (χ4n) is 3.84. The largest absolute Gasteiger partial charge is 0.370 e. The number of rotatable bonds is 5. The maximum Gasteiger partial charge on any atom is 0.191 e. The van der Waals surface area contributed by atoms with E-state index in [1.807, 2.05) is 11.8 Å². The lowest BCUT2D eigenvalue weighted by Crippen LogP contribution is -2.42. The Kier molecular flexibility index (Phi) is 7.05. The minimum atomic E-state index is 0.685. The van der Waals surface area contributed by atoms with Crippen LogP contribution in [0.25, 0.3) is 0 Å². The van der Waals surface area contributed by atoms with Crippen molar-refractivity contribution in [3.63, 3.8) is 0 Å². The van der Waals surface area contributed by atoms with E-state index in [1.165, 1.54) is 43.2 Å². The molecular weight excluding hydrogens is 328 g/mol. The van der Waals surface area contributed by atoms with Crippen LogP contribution >= 0.6 is 11.8 Å². The molecule has 0 spiro atoms. The molecule has 0 unspecified atom stereocenters. The zero-order chi connectivity index (χ0) is 17.5. The summed E-state index contributed by atoms with van der Waals surface area (Å²) in [5.74, 6) is 3.01. The molecule has 0 atom stereocenters. The molecule has 0 amide bonds. The van der Waals surface area contributed by atoms with E-state index in [1.54, 1.807) is 0 Å². The molecule has 2 N–H and O–H groups in total. The van der Waals surface area contributed by atoms with Gasteiger partial charge >= 0.3 is 0 Å². The lowest BCUT2D eigenvalue weighted by atomic mass is 9.94. The van der Waals surface area contributed by atoms with E-state index in [-0.39, 0.29) is 0 Å². The Bertz CT molecular complexity index is 563. The molecule has 1 aliphatic carbocycles. The van der Waals surface area contributed by atoms with Gasteiger partial charge in [-0.15, -0.1) is 0 Å². The Morgan fingerprint density at radius 2 is 1.84 bits per heavy atom. The third kappa shape index (κ3) is 5.38. The summed E-state index contributed by atoms with van der Waals surface area (Å²) in [6.07, 6.45) is 6.86. The van der Waals surface area contributed by atoms with Crippen LogP contribution in [0.5, 0.6) is 0 Å². The van der Waals surface area contributed by atoms with Crippen LogP contribution in [0, 0.1) is 0 Å². The number of hydrogen-bond donors (Lipinski definition) is 1. The van der Waals surface area contributed by atoms with Gasteiger partial charge < -0.3 is 10.6 Å². The van der Waals surface area contributed by atoms with Crippen LogP contribution in [0.1, 0.15) is 43.2 Å². The first-order chi connectivity index (χ1) is 12.2. The predicted octanol–water partition coefficient (Wildman–Crippen LogP) is 3.31. The summed E-state index contributed by atoms with van der Waals surface area (Å²) in [6.45, 7) is 3.74. The van der Waals surface area contributed by atoms with Crippen LogP contribution in [-0.4, -0.2) is 53.4 Å². The van der Waals surface area contributed by atoms with Gasteiger partial charge in [-0.3, -0.25) is 4.90 Å². The number of aliphatic imine (C=N–C) groups is 1. The van der Waals surface area contributed by atoms with Crippen molar-refractivity contribution in [3.05, 3.63) is 35.4 Å². The first-order valence-electron chi connectivity index (χ1n) is 9.63. The first-order valence-corrected chi connectivity index (χ1v) is 10.8. The second kappa shape index (κ2) is 9.48. The van der Waals surface area contributed by atoms with Gasteiger partial charge in [0.15, 0.2) is 5.96 Å². The highest BCUT2D eigenvalue weighted by Gasteiger charge is 2.19. The number of benzene rings is 1. The quantitative estimate of drug-likeness (QED) is 0.646. The Balaban J connectivity index is 1.61. The summed E-state index contributed by atoms with van der Waals surface area (Å²) in [5.41, 5.74) is 8.92. The normalized spacial score (nSPS) is 20.2. The molecule has 1 aromatic rings. The number of thioether (sulfide) groups is 1. The maximum atomic E-state index is 6.22. The van der Waals surface area contributed by atoms with Gasteiger partial charge in [0.2, 0.25) is 0 Å². The lowest BCUT2D eigenvalue weighted by molar-refractivity contribution is 0.184. The second-order valence-electron chi connectivity index (χ2n) is 7.25. The number of hydrogen-bond acceptors (Lipinski definition) is 3. The fraction of sp³-hybridized carbons (Fsp3) is 0.650. The van der Waals surface area contributed by atoms with Crippen LogP contribution in [-0.2, 0) is 13.1 Å². The van der Waals surface area contributed by atoms with Crippen molar-refractivity contribution in [3.8, 4) is 0 Å². The van der Waals surface area contributed by atoms with E-state index in [2.05, 4.69) is 41.1 Å². The molecule has 5 heteroatoms. The summed E-state index contributed by atoms with van der Waals surface area (Å²) in [5, 5.41) is 0. The molecule has 0 bridgehead atoms. The summed E-state index contributed by atoms with van der Waals surface area (Å²) >= 11 is 2.00. The van der Waals surface area contributed by atoms with Crippen molar-refractivity contribution in [1.82, 2.24) is 9.80 Å². The van der Waals surface area contributed by atoms with Crippen LogP contribution in [0.15, 0.2) is 29.3 Å². The van der Waals surface area contributed by atoms with Crippen LogP contribution in [0.3, 0.4) is 0 Å². The standard InChI is InChI=1S/C20H32N4S/c1-23(19-9-3-2-4-10-19)16-18-8-6-5-7-17(18)15-22-20(21)24-11-13-25-14-12-24/h5-8,19H,2-4,9-16H2,1H3,(H2,21,22). The molecule has 1 heterocycles. The third-order valence-electron chi connectivity index (χ3n) is 5.48. The van der Waals surface area contributed by atoms with Crippen molar-refractivity contribution < 1.29 is 0 Å². The van der Waals surface area contributed by atoms with Crippen molar-refractivity contribution >= 4 is 17.7 Å². The van der Waals surface area contributed by atoms with Crippen molar-refractivity contribution in [1.29, 1.82) is 0 Å². The van der Waals surface area contributed by atoms with Gasteiger partial charge in [-0.2, -0.15) is 11.8 Å². The molecule has 3 rings (SSSR count). The van der Waals surface area contributed by atoms with E-state index in [0.29, 0.717) is 12.5 Å². The molecule has 25 heavy (non-hydrogen) atoms. The zero-order valence-corrected chi connectivity index (χ0v) is 16.3. The van der Waals surface area contributed by atoms with Crippen LogP contribution < -0.4 is 5.73 Å². The molecule has 1 aliphatic heterocycles. The summed E-state index contributed by atoms with van der Waals surface area (Å²) in [6, 6.07) is 9.44. The highest BCUT2D eigenvalue weighted by atomic mass is 32.2. The number of nitrogens with two attached hydrogens (primary N) is 1. The van der Waals surface area contributed by atoms with Crippen LogP contribution in [0.2, 0.25) is 0 Å². The average Bonchev–Trinajstić information content (AvgIpc) is 2.68. The summed E-state index contributed by atoms with van der Waals surface area (Å²) in [7, 11) is 2.27. The van der Waals surface area contributed by atoms with Gasteiger partial charge in [-0.05, 0) is 31.0 Å². The van der Waals surface area contributed by atoms with E-state index in [4.69, 9.17) is 10.7 Å². The minimum absolute atomic E-state index is 0.685. The van der Waals surface area contributed by atoms with Crippen molar-refractivity contribution in [2.24, 2.45) is 10.7 Å². The molecule has 138 valence electrons. The predicted molar refractivity (Wildman–Crippen MR) is 109 cm³/mol. The van der Waals surface area contributed by atoms with E-state index in [0.717, 1.165) is 37.2 Å². The van der Waals surface area contributed by atoms with Gasteiger partial charge in [-0.1, -0.05) is 43.5 Å². The number of nitrogens with zero attached hydrogens (tertiary/aromatic N) is 3.